The molecule has 0 aromatic heterocycles. The zero-order valence-electron chi connectivity index (χ0n) is 9.72. The van der Waals surface area contributed by atoms with Gasteiger partial charge in [-0.1, -0.05) is 23.8 Å². The minimum Gasteiger partial charge on any atom is -0.311 e. The maximum atomic E-state index is 12.0. The largest absolute Gasteiger partial charge is 0.332 e. The van der Waals surface area contributed by atoms with Gasteiger partial charge in [-0.3, -0.25) is 4.79 Å². The number of aryl methyl sites for hydroxylation is 1. The van der Waals surface area contributed by atoms with Crippen LogP contribution in [-0.2, 0) is 4.79 Å². The molecule has 1 aliphatic heterocycles. The highest BCUT2D eigenvalue weighted by molar-refractivity contribution is 6.19. The maximum absolute atomic E-state index is 12.0. The van der Waals surface area contributed by atoms with Crippen molar-refractivity contribution in [2.24, 2.45) is 0 Å². The summed E-state index contributed by atoms with van der Waals surface area (Å²) in [6.07, 6.45) is 1.61. The molecule has 0 N–H and O–H groups in total. The number of imide groups is 1. The van der Waals surface area contributed by atoms with E-state index in [2.05, 4.69) is 6.58 Å². The molecule has 1 aromatic rings. The number of hydrogen-bond acceptors (Lipinski definition) is 2. The molecule has 17 heavy (non-hydrogen) atoms. The van der Waals surface area contributed by atoms with Crippen LogP contribution in [-0.4, -0.2) is 29.9 Å². The van der Waals surface area contributed by atoms with E-state index in [1.54, 1.807) is 18.2 Å². The lowest BCUT2D eigenvalue weighted by atomic mass is 10.2. The summed E-state index contributed by atoms with van der Waals surface area (Å²) in [4.78, 5) is 26.4. The van der Waals surface area contributed by atoms with Gasteiger partial charge in [0.15, 0.2) is 0 Å². The number of anilines is 1. The first kappa shape index (κ1) is 11.4. The predicted molar refractivity (Wildman–Crippen MR) is 65.8 cm³/mol. The molecule has 0 unspecified atom stereocenters. The average molecular weight is 230 g/mol. The SMILES string of the molecule is C=CCN1CC(=O)N(c2ccc(C)cc2)C1=O. The van der Waals surface area contributed by atoms with Crippen molar-refractivity contribution < 1.29 is 9.59 Å². The molecule has 1 heterocycles. The molecule has 1 saturated heterocycles. The molecular weight excluding hydrogens is 216 g/mol. The number of carbonyl (C=O) groups excluding carboxylic acids is 2. The summed E-state index contributed by atoms with van der Waals surface area (Å²) >= 11 is 0. The van der Waals surface area contributed by atoms with E-state index in [0.29, 0.717) is 12.2 Å². The second-order valence-electron chi connectivity index (χ2n) is 4.02. The van der Waals surface area contributed by atoms with E-state index in [1.807, 2.05) is 19.1 Å². The third-order valence-corrected chi connectivity index (χ3v) is 2.68. The Morgan fingerprint density at radius 3 is 2.53 bits per heavy atom. The Morgan fingerprint density at radius 2 is 1.94 bits per heavy atom. The summed E-state index contributed by atoms with van der Waals surface area (Å²) < 4.78 is 0. The Bertz CT molecular complexity index is 465. The minimum atomic E-state index is -0.279. The first-order valence-corrected chi connectivity index (χ1v) is 5.43. The number of urea groups is 1. The molecule has 0 radical (unpaired) electrons. The van der Waals surface area contributed by atoms with Crippen LogP contribution < -0.4 is 4.90 Å². The molecule has 0 saturated carbocycles. The van der Waals surface area contributed by atoms with Crippen LogP contribution in [0.5, 0.6) is 0 Å². The number of hydrogen-bond donors (Lipinski definition) is 0. The Hall–Kier alpha value is -2.10. The van der Waals surface area contributed by atoms with Gasteiger partial charge in [-0.2, -0.15) is 0 Å². The van der Waals surface area contributed by atoms with Gasteiger partial charge >= 0.3 is 6.03 Å². The zero-order valence-corrected chi connectivity index (χ0v) is 9.72. The fourth-order valence-electron chi connectivity index (χ4n) is 1.80. The quantitative estimate of drug-likeness (QED) is 0.588. The highest BCUT2D eigenvalue weighted by Crippen LogP contribution is 2.21. The van der Waals surface area contributed by atoms with Crippen molar-refractivity contribution in [3.8, 4) is 0 Å². The second kappa shape index (κ2) is 4.41. The molecule has 0 spiro atoms. The highest BCUT2D eigenvalue weighted by atomic mass is 16.2. The van der Waals surface area contributed by atoms with E-state index < -0.39 is 0 Å². The van der Waals surface area contributed by atoms with Crippen molar-refractivity contribution in [2.75, 3.05) is 18.0 Å². The summed E-state index contributed by atoms with van der Waals surface area (Å²) in [5.41, 5.74) is 1.72. The van der Waals surface area contributed by atoms with Crippen LogP contribution in [0.2, 0.25) is 0 Å². The number of benzene rings is 1. The van der Waals surface area contributed by atoms with Crippen LogP contribution in [0.1, 0.15) is 5.56 Å². The van der Waals surface area contributed by atoms with E-state index in [-0.39, 0.29) is 18.5 Å². The smallest absolute Gasteiger partial charge is 0.311 e. The molecule has 1 aromatic carbocycles. The third kappa shape index (κ3) is 2.06. The van der Waals surface area contributed by atoms with E-state index in [9.17, 15) is 9.59 Å². The van der Waals surface area contributed by atoms with E-state index in [4.69, 9.17) is 0 Å². The van der Waals surface area contributed by atoms with Gasteiger partial charge in [-0.25, -0.2) is 9.69 Å². The van der Waals surface area contributed by atoms with Gasteiger partial charge in [0.1, 0.15) is 6.54 Å². The van der Waals surface area contributed by atoms with Crippen molar-refractivity contribution >= 4 is 17.6 Å². The van der Waals surface area contributed by atoms with Gasteiger partial charge < -0.3 is 4.90 Å². The molecule has 4 heteroatoms. The van der Waals surface area contributed by atoms with Crippen LogP contribution >= 0.6 is 0 Å². The topological polar surface area (TPSA) is 40.6 Å². The summed E-state index contributed by atoms with van der Waals surface area (Å²) in [6.45, 7) is 6.05. The molecule has 1 fully saturated rings. The number of amides is 3. The molecule has 88 valence electrons. The molecular formula is C13H14N2O2. The highest BCUT2D eigenvalue weighted by Gasteiger charge is 2.36. The summed E-state index contributed by atoms with van der Waals surface area (Å²) in [5.74, 6) is -0.194. The molecule has 0 bridgehead atoms. The summed E-state index contributed by atoms with van der Waals surface area (Å²) in [5, 5.41) is 0. The molecule has 1 aliphatic rings. The Morgan fingerprint density at radius 1 is 1.29 bits per heavy atom. The van der Waals surface area contributed by atoms with Crippen molar-refractivity contribution in [3.63, 3.8) is 0 Å². The Balaban J connectivity index is 2.27. The molecule has 2 rings (SSSR count). The minimum absolute atomic E-state index is 0.124. The van der Waals surface area contributed by atoms with Crippen LogP contribution in [0.4, 0.5) is 10.5 Å². The average Bonchev–Trinajstić information content (AvgIpc) is 2.57. The predicted octanol–water partition coefficient (Wildman–Crippen LogP) is 1.95. The lowest BCUT2D eigenvalue weighted by molar-refractivity contribution is -0.116. The van der Waals surface area contributed by atoms with Crippen LogP contribution in [0.25, 0.3) is 0 Å². The first-order valence-electron chi connectivity index (χ1n) is 5.43. The lowest BCUT2D eigenvalue weighted by Crippen LogP contribution is -2.33. The van der Waals surface area contributed by atoms with Crippen LogP contribution in [0.15, 0.2) is 36.9 Å². The van der Waals surface area contributed by atoms with Gasteiger partial charge in [0, 0.05) is 6.54 Å². The normalized spacial score (nSPS) is 15.6. The Labute approximate surface area is 100 Å². The Kier molecular flexibility index (Phi) is 2.95. The van der Waals surface area contributed by atoms with E-state index >= 15 is 0 Å². The molecule has 0 atom stereocenters. The summed E-state index contributed by atoms with van der Waals surface area (Å²) in [7, 11) is 0. The van der Waals surface area contributed by atoms with Crippen LogP contribution in [0.3, 0.4) is 0 Å². The van der Waals surface area contributed by atoms with Crippen LogP contribution in [0, 0.1) is 6.92 Å². The van der Waals surface area contributed by atoms with Crippen molar-refractivity contribution in [1.82, 2.24) is 4.90 Å². The van der Waals surface area contributed by atoms with E-state index in [1.165, 1.54) is 9.80 Å². The van der Waals surface area contributed by atoms with Crippen molar-refractivity contribution in [3.05, 3.63) is 42.5 Å². The molecule has 4 nitrogen and oxygen atoms in total. The van der Waals surface area contributed by atoms with Gasteiger partial charge in [-0.15, -0.1) is 6.58 Å². The van der Waals surface area contributed by atoms with Gasteiger partial charge in [0.05, 0.1) is 5.69 Å². The standard InChI is InChI=1S/C13H14N2O2/c1-3-8-14-9-12(16)15(13(14)17)11-6-4-10(2)5-7-11/h3-7H,1,8-9H2,2H3. The van der Waals surface area contributed by atoms with Gasteiger partial charge in [-0.05, 0) is 19.1 Å². The van der Waals surface area contributed by atoms with Crippen molar-refractivity contribution in [1.29, 1.82) is 0 Å². The summed E-state index contributed by atoms with van der Waals surface area (Å²) in [6, 6.07) is 7.04. The first-order chi connectivity index (χ1) is 8.13. The number of rotatable bonds is 3. The lowest BCUT2D eigenvalue weighted by Gasteiger charge is -2.15. The number of carbonyl (C=O) groups is 2. The van der Waals surface area contributed by atoms with Crippen molar-refractivity contribution in [2.45, 2.75) is 6.92 Å². The second-order valence-corrected chi connectivity index (χ2v) is 4.02. The molecule has 0 aliphatic carbocycles. The van der Waals surface area contributed by atoms with Gasteiger partial charge in [0.2, 0.25) is 0 Å². The zero-order chi connectivity index (χ0) is 12.4. The van der Waals surface area contributed by atoms with E-state index in [0.717, 1.165) is 5.56 Å². The van der Waals surface area contributed by atoms with Gasteiger partial charge in [0.25, 0.3) is 5.91 Å². The fraction of sp³-hybridized carbons (Fsp3) is 0.231. The molecule has 3 amide bonds. The monoisotopic (exact) mass is 230 g/mol. The third-order valence-electron chi connectivity index (χ3n) is 2.68. The maximum Gasteiger partial charge on any atom is 0.332 e. The number of nitrogens with zero attached hydrogens (tertiary/aromatic N) is 2. The fourth-order valence-corrected chi connectivity index (χ4v) is 1.80.